The highest BCUT2D eigenvalue weighted by Gasteiger charge is 2.25. The van der Waals surface area contributed by atoms with Gasteiger partial charge in [-0.25, -0.2) is 0 Å². The molecule has 0 fully saturated rings. The minimum Gasteiger partial charge on any atom is -0.391 e. The quantitative estimate of drug-likeness (QED) is 0.0613. The fourth-order valence-corrected chi connectivity index (χ4v) is 6.38. The normalized spacial score (nSPS) is 12.0. The second-order valence-electron chi connectivity index (χ2n) is 12.9. The summed E-state index contributed by atoms with van der Waals surface area (Å²) in [5.74, 6) is 0. The summed E-state index contributed by atoms with van der Waals surface area (Å²) >= 11 is 0. The molecule has 3 heteroatoms. The molecule has 0 amide bonds. The average Bonchev–Trinajstić information content (AvgIpc) is 2.93. The van der Waals surface area contributed by atoms with E-state index in [-0.39, 0.29) is 13.2 Å². The molecule has 0 heterocycles. The SMILES string of the molecule is CCCCCCCCCCCCCCCC[N+](CCO)(CCO)CCCCCCCCCCCCCCCC. The molecule has 39 heavy (non-hydrogen) atoms. The second kappa shape index (κ2) is 32.4. The predicted octanol–water partition coefficient (Wildman–Crippen LogP) is 10.8. The van der Waals surface area contributed by atoms with Crippen LogP contribution in [-0.2, 0) is 0 Å². The third-order valence-corrected chi connectivity index (χ3v) is 9.12. The number of nitrogens with zero attached hydrogens (tertiary/aromatic N) is 1. The van der Waals surface area contributed by atoms with Gasteiger partial charge in [0.2, 0.25) is 0 Å². The summed E-state index contributed by atoms with van der Waals surface area (Å²) < 4.78 is 0.934. The Morgan fingerprint density at radius 3 is 0.692 bits per heavy atom. The first-order chi connectivity index (χ1) is 19.2. The van der Waals surface area contributed by atoms with Crippen molar-refractivity contribution >= 4 is 0 Å². The maximum atomic E-state index is 9.76. The van der Waals surface area contributed by atoms with Crippen molar-refractivity contribution in [3.63, 3.8) is 0 Å². The van der Waals surface area contributed by atoms with Crippen LogP contribution < -0.4 is 0 Å². The summed E-state index contributed by atoms with van der Waals surface area (Å²) in [6.45, 7) is 8.99. The second-order valence-corrected chi connectivity index (χ2v) is 12.9. The van der Waals surface area contributed by atoms with E-state index in [2.05, 4.69) is 13.8 Å². The van der Waals surface area contributed by atoms with Gasteiger partial charge in [-0.1, -0.05) is 168 Å². The molecule has 0 aromatic heterocycles. The molecular weight excluding hydrogens is 478 g/mol. The molecule has 0 bridgehead atoms. The molecule has 0 atom stereocenters. The lowest BCUT2D eigenvalue weighted by Crippen LogP contribution is -2.52. The van der Waals surface area contributed by atoms with Crippen LogP contribution in [0.25, 0.3) is 0 Å². The van der Waals surface area contributed by atoms with Crippen molar-refractivity contribution < 1.29 is 14.7 Å². The topological polar surface area (TPSA) is 40.5 Å². The molecule has 0 unspecified atom stereocenters. The Morgan fingerprint density at radius 1 is 0.282 bits per heavy atom. The van der Waals surface area contributed by atoms with Gasteiger partial charge in [0.1, 0.15) is 13.1 Å². The summed E-state index contributed by atoms with van der Waals surface area (Å²) in [7, 11) is 0. The Labute approximate surface area is 247 Å². The third kappa shape index (κ3) is 27.8. The first kappa shape index (κ1) is 38.9. The van der Waals surface area contributed by atoms with Crippen LogP contribution in [0.15, 0.2) is 0 Å². The summed E-state index contributed by atoms with van der Waals surface area (Å²) in [6.07, 6.45) is 39.1. The Balaban J connectivity index is 3.78. The highest BCUT2D eigenvalue weighted by atomic mass is 16.3. The number of aliphatic hydroxyl groups excluding tert-OH is 2. The Morgan fingerprint density at radius 2 is 0.487 bits per heavy atom. The van der Waals surface area contributed by atoms with Gasteiger partial charge in [0.25, 0.3) is 0 Å². The van der Waals surface area contributed by atoms with Crippen molar-refractivity contribution in [2.75, 3.05) is 39.4 Å². The van der Waals surface area contributed by atoms with E-state index in [1.807, 2.05) is 0 Å². The summed E-state index contributed by atoms with van der Waals surface area (Å²) in [4.78, 5) is 0. The minimum atomic E-state index is 0.247. The van der Waals surface area contributed by atoms with E-state index < -0.39 is 0 Å². The predicted molar refractivity (Wildman–Crippen MR) is 175 cm³/mol. The molecule has 0 saturated heterocycles. The average molecular weight is 555 g/mol. The summed E-state index contributed by atoms with van der Waals surface area (Å²) in [6, 6.07) is 0. The van der Waals surface area contributed by atoms with Crippen LogP contribution in [0.5, 0.6) is 0 Å². The van der Waals surface area contributed by atoms with Gasteiger partial charge < -0.3 is 14.7 Å². The van der Waals surface area contributed by atoms with Crippen molar-refractivity contribution in [3.05, 3.63) is 0 Å². The molecule has 0 saturated carbocycles. The fourth-order valence-electron chi connectivity index (χ4n) is 6.38. The van der Waals surface area contributed by atoms with Crippen LogP contribution in [-0.4, -0.2) is 54.1 Å². The largest absolute Gasteiger partial charge is 0.391 e. The zero-order valence-corrected chi connectivity index (χ0v) is 27.4. The van der Waals surface area contributed by atoms with Crippen LogP contribution in [0.1, 0.15) is 194 Å². The van der Waals surface area contributed by atoms with Crippen LogP contribution in [0, 0.1) is 0 Å². The number of hydrogen-bond donors (Lipinski definition) is 2. The van der Waals surface area contributed by atoms with E-state index >= 15 is 0 Å². The smallest absolute Gasteiger partial charge is 0.102 e. The summed E-state index contributed by atoms with van der Waals surface area (Å²) in [5.41, 5.74) is 0. The Bertz CT molecular complexity index is 402. The van der Waals surface area contributed by atoms with E-state index in [0.29, 0.717) is 0 Å². The van der Waals surface area contributed by atoms with Gasteiger partial charge in [0.05, 0.1) is 26.3 Å². The molecule has 0 spiro atoms. The zero-order chi connectivity index (χ0) is 28.5. The van der Waals surface area contributed by atoms with Gasteiger partial charge in [-0.05, 0) is 25.7 Å². The van der Waals surface area contributed by atoms with Crippen molar-refractivity contribution in [2.24, 2.45) is 0 Å². The van der Waals surface area contributed by atoms with E-state index in [0.717, 1.165) is 30.7 Å². The van der Waals surface area contributed by atoms with Gasteiger partial charge >= 0.3 is 0 Å². The first-order valence-electron chi connectivity index (χ1n) is 18.3. The lowest BCUT2D eigenvalue weighted by Gasteiger charge is -2.38. The Hall–Kier alpha value is -0.120. The molecule has 236 valence electrons. The molecule has 0 rings (SSSR count). The molecule has 0 aliphatic heterocycles. The zero-order valence-electron chi connectivity index (χ0n) is 27.4. The maximum absolute atomic E-state index is 9.76. The van der Waals surface area contributed by atoms with Crippen LogP contribution in [0.2, 0.25) is 0 Å². The maximum Gasteiger partial charge on any atom is 0.102 e. The van der Waals surface area contributed by atoms with Crippen molar-refractivity contribution in [1.82, 2.24) is 0 Å². The van der Waals surface area contributed by atoms with Gasteiger partial charge in [-0.15, -0.1) is 0 Å². The van der Waals surface area contributed by atoms with E-state index in [1.54, 1.807) is 0 Å². The number of quaternary nitrogens is 1. The minimum absolute atomic E-state index is 0.247. The van der Waals surface area contributed by atoms with Gasteiger partial charge in [0.15, 0.2) is 0 Å². The van der Waals surface area contributed by atoms with Crippen LogP contribution in [0.3, 0.4) is 0 Å². The van der Waals surface area contributed by atoms with E-state index in [1.165, 1.54) is 180 Å². The molecule has 0 radical (unpaired) electrons. The molecule has 3 nitrogen and oxygen atoms in total. The number of aliphatic hydroxyl groups is 2. The number of hydrogen-bond acceptors (Lipinski definition) is 2. The molecule has 0 aliphatic carbocycles. The first-order valence-corrected chi connectivity index (χ1v) is 18.3. The molecular formula is C36H76NO2+. The van der Waals surface area contributed by atoms with Crippen molar-refractivity contribution in [2.45, 2.75) is 194 Å². The lowest BCUT2D eigenvalue weighted by molar-refractivity contribution is -0.929. The Kier molecular flexibility index (Phi) is 32.3. The van der Waals surface area contributed by atoms with Gasteiger partial charge in [-0.3, -0.25) is 0 Å². The van der Waals surface area contributed by atoms with E-state index in [9.17, 15) is 10.2 Å². The highest BCUT2D eigenvalue weighted by Crippen LogP contribution is 2.17. The number of rotatable bonds is 34. The monoisotopic (exact) mass is 555 g/mol. The van der Waals surface area contributed by atoms with Gasteiger partial charge in [-0.2, -0.15) is 0 Å². The lowest BCUT2D eigenvalue weighted by atomic mass is 10.0. The fraction of sp³-hybridized carbons (Fsp3) is 1.00. The molecule has 0 aromatic carbocycles. The van der Waals surface area contributed by atoms with E-state index in [4.69, 9.17) is 0 Å². The van der Waals surface area contributed by atoms with Crippen molar-refractivity contribution in [1.29, 1.82) is 0 Å². The van der Waals surface area contributed by atoms with Crippen molar-refractivity contribution in [3.8, 4) is 0 Å². The number of unbranched alkanes of at least 4 members (excludes halogenated alkanes) is 26. The standard InChI is InChI=1S/C36H76NO2/c1-3-5-7-9-11-13-15-17-19-21-23-25-27-29-31-37(33-35-38,34-36-39)32-30-28-26-24-22-20-18-16-14-12-10-8-6-4-2/h38-39H,3-36H2,1-2H3/q+1. The van der Waals surface area contributed by atoms with Gasteiger partial charge in [0, 0.05) is 0 Å². The molecule has 0 aliphatic rings. The van der Waals surface area contributed by atoms with Crippen LogP contribution in [0.4, 0.5) is 0 Å². The molecule has 0 aromatic rings. The van der Waals surface area contributed by atoms with Crippen LogP contribution >= 0.6 is 0 Å². The third-order valence-electron chi connectivity index (χ3n) is 9.12. The molecule has 2 N–H and O–H groups in total. The summed E-state index contributed by atoms with van der Waals surface area (Å²) in [5, 5.41) is 19.5. The highest BCUT2D eigenvalue weighted by molar-refractivity contribution is 4.54.